The summed E-state index contributed by atoms with van der Waals surface area (Å²) >= 11 is 3.32. The second-order valence-electron chi connectivity index (χ2n) is 4.35. The van der Waals surface area contributed by atoms with Crippen LogP contribution in [0.1, 0.15) is 18.5 Å². The van der Waals surface area contributed by atoms with E-state index in [4.69, 9.17) is 9.47 Å². The van der Waals surface area contributed by atoms with E-state index in [1.54, 1.807) is 20.4 Å². The first-order valence-corrected chi connectivity index (χ1v) is 7.03. The Labute approximate surface area is 127 Å². The van der Waals surface area contributed by atoms with Gasteiger partial charge in [-0.25, -0.2) is 4.98 Å². The van der Waals surface area contributed by atoms with Crippen LogP contribution in [0.25, 0.3) is 0 Å². The van der Waals surface area contributed by atoms with Crippen molar-refractivity contribution in [2.45, 2.75) is 13.0 Å². The smallest absolute Gasteiger partial charge is 0.161 e. The van der Waals surface area contributed by atoms with Gasteiger partial charge in [-0.1, -0.05) is 6.07 Å². The molecule has 0 amide bonds. The first-order valence-electron chi connectivity index (χ1n) is 6.24. The number of rotatable bonds is 5. The summed E-state index contributed by atoms with van der Waals surface area (Å²) in [6, 6.07) is 9.93. The molecule has 0 saturated heterocycles. The summed E-state index contributed by atoms with van der Waals surface area (Å²) < 4.78 is 11.4. The average molecular weight is 337 g/mol. The maximum Gasteiger partial charge on any atom is 0.161 e. The molecular weight excluding hydrogens is 320 g/mol. The summed E-state index contributed by atoms with van der Waals surface area (Å²) in [4.78, 5) is 4.20. The summed E-state index contributed by atoms with van der Waals surface area (Å²) in [6.45, 7) is 2.09. The molecule has 0 radical (unpaired) electrons. The van der Waals surface area contributed by atoms with E-state index in [1.807, 2.05) is 30.3 Å². The molecule has 1 aromatic heterocycles. The third-order valence-electron chi connectivity index (χ3n) is 3.02. The molecule has 0 fully saturated rings. The van der Waals surface area contributed by atoms with Crippen LogP contribution in [0.3, 0.4) is 0 Å². The van der Waals surface area contributed by atoms with E-state index in [2.05, 4.69) is 33.2 Å². The molecule has 1 heterocycles. The third kappa shape index (κ3) is 3.42. The van der Waals surface area contributed by atoms with Crippen LogP contribution >= 0.6 is 15.9 Å². The van der Waals surface area contributed by atoms with Crippen molar-refractivity contribution in [1.29, 1.82) is 0 Å². The number of hydrogen-bond donors (Lipinski definition) is 1. The monoisotopic (exact) mass is 336 g/mol. The molecule has 1 unspecified atom stereocenters. The number of aromatic nitrogens is 1. The van der Waals surface area contributed by atoms with Crippen LogP contribution in [0.4, 0.5) is 5.69 Å². The minimum absolute atomic E-state index is 0.137. The summed E-state index contributed by atoms with van der Waals surface area (Å²) in [5, 5.41) is 3.39. The molecule has 1 aromatic carbocycles. The Kier molecular flexibility index (Phi) is 4.84. The number of nitrogens with zero attached hydrogens (tertiary/aromatic N) is 1. The minimum atomic E-state index is 0.137. The highest BCUT2D eigenvalue weighted by Crippen LogP contribution is 2.31. The fourth-order valence-electron chi connectivity index (χ4n) is 1.92. The molecular formula is C15H17BrN2O2. The van der Waals surface area contributed by atoms with Gasteiger partial charge in [0.05, 0.1) is 26.1 Å². The molecule has 2 aromatic rings. The topological polar surface area (TPSA) is 43.4 Å². The van der Waals surface area contributed by atoms with Gasteiger partial charge in [-0.15, -0.1) is 0 Å². The fourth-order valence-corrected chi connectivity index (χ4v) is 2.15. The molecule has 1 N–H and O–H groups in total. The lowest BCUT2D eigenvalue weighted by Crippen LogP contribution is -2.07. The highest BCUT2D eigenvalue weighted by Gasteiger charge is 2.10. The standard InChI is InChI=1S/C15H17BrN2O2/c1-10(18-12-5-7-15(16)17-9-12)11-4-6-13(19-2)14(8-11)20-3/h4-10,18H,1-3H3. The molecule has 0 spiro atoms. The number of hydrogen-bond acceptors (Lipinski definition) is 4. The summed E-state index contributed by atoms with van der Waals surface area (Å²) in [5.41, 5.74) is 2.08. The molecule has 0 aliphatic carbocycles. The van der Waals surface area contributed by atoms with Gasteiger partial charge in [-0.2, -0.15) is 0 Å². The van der Waals surface area contributed by atoms with E-state index in [1.165, 1.54) is 0 Å². The molecule has 0 saturated carbocycles. The quantitative estimate of drug-likeness (QED) is 0.837. The molecule has 0 aliphatic rings. The molecule has 0 aliphatic heterocycles. The van der Waals surface area contributed by atoms with Gasteiger partial charge in [0.25, 0.3) is 0 Å². The second-order valence-corrected chi connectivity index (χ2v) is 5.16. The number of ether oxygens (including phenoxy) is 2. The van der Waals surface area contributed by atoms with E-state index < -0.39 is 0 Å². The lowest BCUT2D eigenvalue weighted by molar-refractivity contribution is 0.354. The predicted octanol–water partition coefficient (Wildman–Crippen LogP) is 4.03. The summed E-state index contributed by atoms with van der Waals surface area (Å²) in [7, 11) is 3.27. The fraction of sp³-hybridized carbons (Fsp3) is 0.267. The normalized spacial score (nSPS) is 11.8. The van der Waals surface area contributed by atoms with Crippen LogP contribution in [-0.2, 0) is 0 Å². The Morgan fingerprint density at radius 1 is 1.10 bits per heavy atom. The number of benzene rings is 1. The number of nitrogens with one attached hydrogen (secondary N) is 1. The maximum absolute atomic E-state index is 5.32. The van der Waals surface area contributed by atoms with Crippen molar-refractivity contribution in [3.63, 3.8) is 0 Å². The van der Waals surface area contributed by atoms with E-state index in [9.17, 15) is 0 Å². The van der Waals surface area contributed by atoms with Crippen LogP contribution in [0.5, 0.6) is 11.5 Å². The zero-order valence-corrected chi connectivity index (χ0v) is 13.3. The van der Waals surface area contributed by atoms with Crippen molar-refractivity contribution in [2.24, 2.45) is 0 Å². The Hall–Kier alpha value is -1.75. The molecule has 106 valence electrons. The van der Waals surface area contributed by atoms with Gasteiger partial charge in [0.2, 0.25) is 0 Å². The Bertz CT molecular complexity index is 573. The third-order valence-corrected chi connectivity index (χ3v) is 3.49. The van der Waals surface area contributed by atoms with E-state index in [0.29, 0.717) is 0 Å². The Morgan fingerprint density at radius 3 is 2.45 bits per heavy atom. The lowest BCUT2D eigenvalue weighted by Gasteiger charge is -2.17. The molecule has 5 heteroatoms. The van der Waals surface area contributed by atoms with Crippen molar-refractivity contribution in [3.8, 4) is 11.5 Å². The highest BCUT2D eigenvalue weighted by atomic mass is 79.9. The average Bonchev–Trinajstić information content (AvgIpc) is 2.48. The van der Waals surface area contributed by atoms with Crippen molar-refractivity contribution in [3.05, 3.63) is 46.7 Å². The van der Waals surface area contributed by atoms with Crippen molar-refractivity contribution in [1.82, 2.24) is 4.98 Å². The largest absolute Gasteiger partial charge is 0.493 e. The van der Waals surface area contributed by atoms with Crippen LogP contribution in [0, 0.1) is 0 Å². The van der Waals surface area contributed by atoms with E-state index in [-0.39, 0.29) is 6.04 Å². The molecule has 4 nitrogen and oxygen atoms in total. The number of pyridine rings is 1. The Morgan fingerprint density at radius 2 is 1.85 bits per heavy atom. The molecule has 0 bridgehead atoms. The van der Waals surface area contributed by atoms with E-state index >= 15 is 0 Å². The first kappa shape index (κ1) is 14.7. The van der Waals surface area contributed by atoms with Gasteiger partial charge in [-0.05, 0) is 52.7 Å². The number of halogens is 1. The molecule has 1 atom stereocenters. The Balaban J connectivity index is 2.16. The zero-order valence-electron chi connectivity index (χ0n) is 11.7. The van der Waals surface area contributed by atoms with Crippen LogP contribution in [0.15, 0.2) is 41.1 Å². The molecule has 20 heavy (non-hydrogen) atoms. The number of methoxy groups -OCH3 is 2. The SMILES string of the molecule is COc1ccc(C(C)Nc2ccc(Br)nc2)cc1OC. The number of anilines is 1. The van der Waals surface area contributed by atoms with Gasteiger partial charge in [0.1, 0.15) is 4.60 Å². The van der Waals surface area contributed by atoms with Gasteiger partial charge in [0.15, 0.2) is 11.5 Å². The molecule has 2 rings (SSSR count). The predicted molar refractivity (Wildman–Crippen MR) is 83.5 cm³/mol. The lowest BCUT2D eigenvalue weighted by atomic mass is 10.1. The summed E-state index contributed by atoms with van der Waals surface area (Å²) in [5.74, 6) is 1.46. The van der Waals surface area contributed by atoms with Gasteiger partial charge < -0.3 is 14.8 Å². The van der Waals surface area contributed by atoms with Crippen molar-refractivity contribution in [2.75, 3.05) is 19.5 Å². The van der Waals surface area contributed by atoms with Gasteiger partial charge in [0, 0.05) is 6.04 Å². The zero-order chi connectivity index (χ0) is 14.5. The van der Waals surface area contributed by atoms with Crippen molar-refractivity contribution >= 4 is 21.6 Å². The van der Waals surface area contributed by atoms with Crippen LogP contribution < -0.4 is 14.8 Å². The highest BCUT2D eigenvalue weighted by molar-refractivity contribution is 9.10. The van der Waals surface area contributed by atoms with Crippen LogP contribution in [-0.4, -0.2) is 19.2 Å². The minimum Gasteiger partial charge on any atom is -0.493 e. The maximum atomic E-state index is 5.32. The van der Waals surface area contributed by atoms with Gasteiger partial charge >= 0.3 is 0 Å². The van der Waals surface area contributed by atoms with E-state index in [0.717, 1.165) is 27.4 Å². The first-order chi connectivity index (χ1) is 9.63. The van der Waals surface area contributed by atoms with Crippen LogP contribution in [0.2, 0.25) is 0 Å². The van der Waals surface area contributed by atoms with Crippen molar-refractivity contribution < 1.29 is 9.47 Å². The summed E-state index contributed by atoms with van der Waals surface area (Å²) in [6.07, 6.45) is 1.79. The second kappa shape index (κ2) is 6.61. The van der Waals surface area contributed by atoms with Gasteiger partial charge in [-0.3, -0.25) is 0 Å².